The number of amides is 1. The summed E-state index contributed by atoms with van der Waals surface area (Å²) in [7, 11) is 1.67. The fraction of sp³-hybridized carbons (Fsp3) is 0.500. The minimum absolute atomic E-state index is 0.0513. The number of hydrogen-bond donors (Lipinski definition) is 0. The summed E-state index contributed by atoms with van der Waals surface area (Å²) < 4.78 is 22.8. The highest BCUT2D eigenvalue weighted by molar-refractivity contribution is 8.14. The maximum atomic E-state index is 12.1. The first-order valence-corrected chi connectivity index (χ1v) is 8.81. The van der Waals surface area contributed by atoms with Gasteiger partial charge >= 0.3 is 0 Å². The fourth-order valence-electron chi connectivity index (χ4n) is 2.44. The molecular formula is C14H18ClNO3S. The van der Waals surface area contributed by atoms with E-state index in [1.54, 1.807) is 0 Å². The lowest BCUT2D eigenvalue weighted by Gasteiger charge is -2.27. The van der Waals surface area contributed by atoms with Crippen molar-refractivity contribution in [2.75, 3.05) is 11.4 Å². The minimum Gasteiger partial charge on any atom is -0.311 e. The van der Waals surface area contributed by atoms with Gasteiger partial charge in [-0.1, -0.05) is 39.0 Å². The predicted molar refractivity (Wildman–Crippen MR) is 80.7 cm³/mol. The van der Waals surface area contributed by atoms with Crippen LogP contribution in [0.2, 0.25) is 0 Å². The molecule has 1 heterocycles. The summed E-state index contributed by atoms with van der Waals surface area (Å²) in [6, 6.07) is 7.58. The summed E-state index contributed by atoms with van der Waals surface area (Å²) in [4.78, 5) is 13.6. The average molecular weight is 316 g/mol. The highest BCUT2D eigenvalue weighted by Gasteiger charge is 2.39. The third-order valence-electron chi connectivity index (χ3n) is 3.49. The van der Waals surface area contributed by atoms with Crippen LogP contribution in [0.1, 0.15) is 32.8 Å². The SMILES string of the molecule is CC(C)(C)c1ccccc1N1CC(S(=O)(=O)Cl)CC1=O. The lowest BCUT2D eigenvalue weighted by atomic mass is 9.85. The van der Waals surface area contributed by atoms with Crippen molar-refractivity contribution < 1.29 is 13.2 Å². The number of para-hydroxylation sites is 1. The van der Waals surface area contributed by atoms with E-state index >= 15 is 0 Å². The van der Waals surface area contributed by atoms with Gasteiger partial charge in [-0.15, -0.1) is 0 Å². The zero-order valence-electron chi connectivity index (χ0n) is 11.8. The maximum Gasteiger partial charge on any atom is 0.237 e. The van der Waals surface area contributed by atoms with Gasteiger partial charge in [0.1, 0.15) is 5.25 Å². The highest BCUT2D eigenvalue weighted by Crippen LogP contribution is 2.35. The van der Waals surface area contributed by atoms with E-state index in [0.29, 0.717) is 0 Å². The van der Waals surface area contributed by atoms with Crippen molar-refractivity contribution in [3.05, 3.63) is 29.8 Å². The molecular weight excluding hydrogens is 298 g/mol. The average Bonchev–Trinajstić information content (AvgIpc) is 2.70. The van der Waals surface area contributed by atoms with Crippen molar-refractivity contribution in [1.82, 2.24) is 0 Å². The lowest BCUT2D eigenvalue weighted by molar-refractivity contribution is -0.117. The monoisotopic (exact) mass is 315 g/mol. The van der Waals surface area contributed by atoms with Crippen LogP contribution in [0.5, 0.6) is 0 Å². The molecule has 1 saturated heterocycles. The molecule has 0 N–H and O–H groups in total. The van der Waals surface area contributed by atoms with Gasteiger partial charge < -0.3 is 4.90 Å². The molecule has 1 fully saturated rings. The van der Waals surface area contributed by atoms with Gasteiger partial charge in [-0.2, -0.15) is 0 Å². The lowest BCUT2D eigenvalue weighted by Crippen LogP contribution is -2.29. The molecule has 1 unspecified atom stereocenters. The van der Waals surface area contributed by atoms with Crippen LogP contribution in [-0.2, 0) is 19.3 Å². The number of halogens is 1. The zero-order valence-corrected chi connectivity index (χ0v) is 13.3. The Morgan fingerprint density at radius 1 is 1.25 bits per heavy atom. The van der Waals surface area contributed by atoms with Gasteiger partial charge in [0.05, 0.1) is 0 Å². The molecule has 0 aromatic heterocycles. The van der Waals surface area contributed by atoms with Crippen molar-refractivity contribution in [1.29, 1.82) is 0 Å². The largest absolute Gasteiger partial charge is 0.311 e. The molecule has 1 aromatic carbocycles. The van der Waals surface area contributed by atoms with Crippen LogP contribution >= 0.6 is 10.7 Å². The van der Waals surface area contributed by atoms with E-state index in [2.05, 4.69) is 20.8 Å². The van der Waals surface area contributed by atoms with Crippen LogP contribution in [0.15, 0.2) is 24.3 Å². The molecule has 1 amide bonds. The Morgan fingerprint density at radius 3 is 2.35 bits per heavy atom. The summed E-state index contributed by atoms with van der Waals surface area (Å²) in [5, 5.41) is -0.829. The van der Waals surface area contributed by atoms with Crippen molar-refractivity contribution in [3.8, 4) is 0 Å². The second kappa shape index (κ2) is 5.04. The van der Waals surface area contributed by atoms with Gasteiger partial charge in [-0.25, -0.2) is 8.42 Å². The third kappa shape index (κ3) is 2.99. The first-order valence-electron chi connectivity index (χ1n) is 6.44. The highest BCUT2D eigenvalue weighted by atomic mass is 35.7. The molecule has 4 nitrogen and oxygen atoms in total. The summed E-state index contributed by atoms with van der Waals surface area (Å²) in [6.07, 6.45) is -0.0513. The second-order valence-electron chi connectivity index (χ2n) is 6.07. The first-order chi connectivity index (χ1) is 9.10. The summed E-state index contributed by atoms with van der Waals surface area (Å²) in [5.74, 6) is -0.198. The minimum atomic E-state index is -3.71. The number of hydrogen-bond acceptors (Lipinski definition) is 3. The topological polar surface area (TPSA) is 54.5 Å². The summed E-state index contributed by atoms with van der Waals surface area (Å²) in [6.45, 7) is 6.30. The van der Waals surface area contributed by atoms with Crippen LogP contribution in [0.4, 0.5) is 5.69 Å². The smallest absolute Gasteiger partial charge is 0.237 e. The van der Waals surface area contributed by atoms with Crippen molar-refractivity contribution in [2.45, 2.75) is 37.9 Å². The molecule has 110 valence electrons. The van der Waals surface area contributed by atoms with E-state index < -0.39 is 14.3 Å². The molecule has 1 aliphatic rings. The molecule has 0 radical (unpaired) electrons. The number of benzene rings is 1. The molecule has 1 atom stereocenters. The summed E-state index contributed by atoms with van der Waals surface area (Å²) in [5.41, 5.74) is 1.66. The van der Waals surface area contributed by atoms with Gasteiger partial charge in [0, 0.05) is 29.3 Å². The Balaban J connectivity index is 2.41. The third-order valence-corrected chi connectivity index (χ3v) is 5.36. The van der Waals surface area contributed by atoms with Gasteiger partial charge in [0.2, 0.25) is 15.0 Å². The predicted octanol–water partition coefficient (Wildman–Crippen LogP) is 2.66. The van der Waals surface area contributed by atoms with E-state index in [4.69, 9.17) is 10.7 Å². The number of carbonyl (C=O) groups excluding carboxylic acids is 1. The quantitative estimate of drug-likeness (QED) is 0.788. The van der Waals surface area contributed by atoms with Crippen molar-refractivity contribution >= 4 is 31.3 Å². The van der Waals surface area contributed by atoms with E-state index in [9.17, 15) is 13.2 Å². The van der Waals surface area contributed by atoms with E-state index in [0.717, 1.165) is 11.3 Å². The molecule has 1 aliphatic heterocycles. The fourth-order valence-corrected chi connectivity index (χ4v) is 3.47. The van der Waals surface area contributed by atoms with Crippen LogP contribution in [0, 0.1) is 0 Å². The number of anilines is 1. The Morgan fingerprint density at radius 2 is 1.85 bits per heavy atom. The van der Waals surface area contributed by atoms with Gasteiger partial charge in [-0.05, 0) is 17.0 Å². The molecule has 0 spiro atoms. The number of nitrogens with zero attached hydrogens (tertiary/aromatic N) is 1. The second-order valence-corrected chi connectivity index (χ2v) is 8.98. The molecule has 1 aromatic rings. The molecule has 0 saturated carbocycles. The first kappa shape index (κ1) is 15.3. The molecule has 6 heteroatoms. The molecule has 2 rings (SSSR count). The summed E-state index contributed by atoms with van der Waals surface area (Å²) >= 11 is 0. The van der Waals surface area contributed by atoms with Crippen LogP contribution in [-0.4, -0.2) is 26.1 Å². The van der Waals surface area contributed by atoms with Crippen LogP contribution in [0.25, 0.3) is 0 Å². The molecule has 0 bridgehead atoms. The van der Waals surface area contributed by atoms with Crippen LogP contribution < -0.4 is 4.90 Å². The zero-order chi connectivity index (χ0) is 15.1. The van der Waals surface area contributed by atoms with Crippen LogP contribution in [0.3, 0.4) is 0 Å². The number of carbonyl (C=O) groups is 1. The maximum absolute atomic E-state index is 12.1. The molecule has 20 heavy (non-hydrogen) atoms. The van der Waals surface area contributed by atoms with Gasteiger partial charge in [0.25, 0.3) is 0 Å². The van der Waals surface area contributed by atoms with Crippen molar-refractivity contribution in [3.63, 3.8) is 0 Å². The number of rotatable bonds is 2. The Labute approximate surface area is 124 Å². The Bertz CT molecular complexity index is 634. The standard InChI is InChI=1S/C14H18ClNO3S/c1-14(2,3)11-6-4-5-7-12(11)16-9-10(8-13(16)17)20(15,18)19/h4-7,10H,8-9H2,1-3H3. The normalized spacial score (nSPS) is 20.5. The Hall–Kier alpha value is -1.07. The Kier molecular flexibility index (Phi) is 3.86. The van der Waals surface area contributed by atoms with E-state index in [1.807, 2.05) is 24.3 Å². The van der Waals surface area contributed by atoms with Gasteiger partial charge in [-0.3, -0.25) is 4.79 Å². The van der Waals surface area contributed by atoms with E-state index in [1.165, 1.54) is 4.90 Å². The van der Waals surface area contributed by atoms with Crippen molar-refractivity contribution in [2.24, 2.45) is 0 Å². The van der Waals surface area contributed by atoms with Gasteiger partial charge in [0.15, 0.2) is 0 Å². The molecule has 0 aliphatic carbocycles. The van der Waals surface area contributed by atoms with E-state index in [-0.39, 0.29) is 24.3 Å².